The van der Waals surface area contributed by atoms with Gasteiger partial charge in [0.05, 0.1) is 15.2 Å². The first-order valence-corrected chi connectivity index (χ1v) is 8.16. The van der Waals surface area contributed by atoms with E-state index in [1.165, 1.54) is 5.69 Å². The second kappa shape index (κ2) is 6.02. The molecule has 106 valence electrons. The smallest absolute Gasteiger partial charge is 0.0595 e. The Morgan fingerprint density at radius 1 is 1.42 bits per heavy atom. The van der Waals surface area contributed by atoms with Crippen LogP contribution in [0.4, 0.5) is 5.69 Å². The zero-order chi connectivity index (χ0) is 14.0. The Bertz CT molecular complexity index is 446. The van der Waals surface area contributed by atoms with Crippen molar-refractivity contribution in [2.45, 2.75) is 45.2 Å². The number of halogens is 2. The molecule has 0 aliphatic carbocycles. The number of rotatable bonds is 3. The van der Waals surface area contributed by atoms with Gasteiger partial charge in [0, 0.05) is 24.7 Å². The highest BCUT2D eigenvalue weighted by atomic mass is 79.9. The number of nitrogens with one attached hydrogen (secondary N) is 1. The summed E-state index contributed by atoms with van der Waals surface area (Å²) in [4.78, 5) is 2.47. The minimum Gasteiger partial charge on any atom is -0.365 e. The third kappa shape index (κ3) is 2.93. The molecule has 1 heterocycles. The van der Waals surface area contributed by atoms with Gasteiger partial charge in [-0.3, -0.25) is 0 Å². The highest BCUT2D eigenvalue weighted by molar-refractivity contribution is 9.10. The summed E-state index contributed by atoms with van der Waals surface area (Å²) < 4.78 is 1.01. The summed E-state index contributed by atoms with van der Waals surface area (Å²) in [5.41, 5.74) is 1.42. The average molecular weight is 346 g/mol. The number of nitrogens with zero attached hydrogens (tertiary/aromatic N) is 1. The van der Waals surface area contributed by atoms with E-state index in [1.807, 2.05) is 12.1 Å². The van der Waals surface area contributed by atoms with Crippen LogP contribution in [0.2, 0.25) is 5.02 Å². The molecule has 2 rings (SSSR count). The van der Waals surface area contributed by atoms with E-state index in [0.717, 1.165) is 35.4 Å². The molecule has 0 saturated carbocycles. The second-order valence-electron chi connectivity index (χ2n) is 5.42. The van der Waals surface area contributed by atoms with Gasteiger partial charge in [0.2, 0.25) is 0 Å². The molecule has 1 aliphatic heterocycles. The fourth-order valence-electron chi connectivity index (χ4n) is 2.77. The predicted molar refractivity (Wildman–Crippen MR) is 87.3 cm³/mol. The second-order valence-corrected chi connectivity index (χ2v) is 6.62. The first-order valence-electron chi connectivity index (χ1n) is 6.98. The zero-order valence-corrected chi connectivity index (χ0v) is 14.2. The molecule has 0 aromatic heterocycles. The summed E-state index contributed by atoms with van der Waals surface area (Å²) >= 11 is 9.86. The summed E-state index contributed by atoms with van der Waals surface area (Å²) in [6.07, 6.45) is 2.29. The maximum Gasteiger partial charge on any atom is 0.0595 e. The topological polar surface area (TPSA) is 15.3 Å². The minimum absolute atomic E-state index is 0.217. The van der Waals surface area contributed by atoms with Gasteiger partial charge < -0.3 is 10.2 Å². The lowest BCUT2D eigenvalue weighted by Gasteiger charge is -2.48. The number of anilines is 1. The SMILES string of the molecule is CCC1(CC)CN(c2cccc(Cl)c2Br)C(C)CN1. The van der Waals surface area contributed by atoms with E-state index in [0.29, 0.717) is 6.04 Å². The fraction of sp³-hybridized carbons (Fsp3) is 0.600. The van der Waals surface area contributed by atoms with Gasteiger partial charge in [-0.15, -0.1) is 0 Å². The molecule has 19 heavy (non-hydrogen) atoms. The molecule has 0 radical (unpaired) electrons. The lowest BCUT2D eigenvalue weighted by Crippen LogP contribution is -2.63. The van der Waals surface area contributed by atoms with Crippen molar-refractivity contribution in [3.05, 3.63) is 27.7 Å². The Kier molecular flexibility index (Phi) is 4.80. The molecule has 1 aliphatic rings. The lowest BCUT2D eigenvalue weighted by molar-refractivity contribution is 0.253. The van der Waals surface area contributed by atoms with Crippen molar-refractivity contribution in [2.75, 3.05) is 18.0 Å². The molecule has 1 aromatic rings. The molecule has 1 unspecified atom stereocenters. The maximum absolute atomic E-state index is 6.23. The highest BCUT2D eigenvalue weighted by Crippen LogP contribution is 2.36. The van der Waals surface area contributed by atoms with E-state index in [1.54, 1.807) is 0 Å². The van der Waals surface area contributed by atoms with Crippen LogP contribution in [0, 0.1) is 0 Å². The van der Waals surface area contributed by atoms with Crippen LogP contribution in [0.5, 0.6) is 0 Å². The highest BCUT2D eigenvalue weighted by Gasteiger charge is 2.35. The van der Waals surface area contributed by atoms with Crippen LogP contribution in [-0.2, 0) is 0 Å². The molecule has 1 aromatic carbocycles. The van der Waals surface area contributed by atoms with Crippen LogP contribution in [0.25, 0.3) is 0 Å². The molecule has 2 nitrogen and oxygen atoms in total. The van der Waals surface area contributed by atoms with Crippen molar-refractivity contribution in [1.29, 1.82) is 0 Å². The third-order valence-corrected chi connectivity index (χ3v) is 5.75. The normalized spacial score (nSPS) is 22.6. The van der Waals surface area contributed by atoms with Gasteiger partial charge >= 0.3 is 0 Å². The van der Waals surface area contributed by atoms with Crippen molar-refractivity contribution in [3.8, 4) is 0 Å². The quantitative estimate of drug-likeness (QED) is 0.870. The molecular weight excluding hydrogens is 324 g/mol. The predicted octanol–water partition coefficient (Wildman–Crippen LogP) is 4.46. The largest absolute Gasteiger partial charge is 0.365 e. The van der Waals surface area contributed by atoms with Crippen LogP contribution in [-0.4, -0.2) is 24.7 Å². The number of hydrogen-bond acceptors (Lipinski definition) is 2. The summed E-state index contributed by atoms with van der Waals surface area (Å²) in [7, 11) is 0. The van der Waals surface area contributed by atoms with Crippen molar-refractivity contribution in [3.63, 3.8) is 0 Å². The van der Waals surface area contributed by atoms with Crippen LogP contribution < -0.4 is 10.2 Å². The molecular formula is C15H22BrClN2. The van der Waals surface area contributed by atoms with Gasteiger partial charge in [-0.1, -0.05) is 31.5 Å². The molecule has 4 heteroatoms. The number of hydrogen-bond donors (Lipinski definition) is 1. The molecule has 1 fully saturated rings. The van der Waals surface area contributed by atoms with E-state index >= 15 is 0 Å². The molecule has 0 bridgehead atoms. The van der Waals surface area contributed by atoms with E-state index in [9.17, 15) is 0 Å². The summed E-state index contributed by atoms with van der Waals surface area (Å²) in [6.45, 7) is 8.83. The van der Waals surface area contributed by atoms with Crippen molar-refractivity contribution < 1.29 is 0 Å². The van der Waals surface area contributed by atoms with Gasteiger partial charge in [0.15, 0.2) is 0 Å². The Hall–Kier alpha value is -0.250. The fourth-order valence-corrected chi connectivity index (χ4v) is 3.43. The number of benzene rings is 1. The van der Waals surface area contributed by atoms with Crippen molar-refractivity contribution >= 4 is 33.2 Å². The Balaban J connectivity index is 2.34. The third-order valence-electron chi connectivity index (χ3n) is 4.37. The molecule has 1 saturated heterocycles. The van der Waals surface area contributed by atoms with Gasteiger partial charge in [0.1, 0.15) is 0 Å². The van der Waals surface area contributed by atoms with Gasteiger partial charge in [-0.05, 0) is 47.8 Å². The van der Waals surface area contributed by atoms with Crippen LogP contribution in [0.1, 0.15) is 33.6 Å². The molecule has 0 amide bonds. The zero-order valence-electron chi connectivity index (χ0n) is 11.8. The summed E-state index contributed by atoms with van der Waals surface area (Å²) in [5, 5.41) is 4.51. The maximum atomic E-state index is 6.23. The van der Waals surface area contributed by atoms with Gasteiger partial charge in [-0.25, -0.2) is 0 Å². The van der Waals surface area contributed by atoms with E-state index < -0.39 is 0 Å². The van der Waals surface area contributed by atoms with Crippen molar-refractivity contribution in [2.24, 2.45) is 0 Å². The first kappa shape index (κ1) is 15.1. The van der Waals surface area contributed by atoms with Gasteiger partial charge in [0.25, 0.3) is 0 Å². The van der Waals surface area contributed by atoms with E-state index in [-0.39, 0.29) is 5.54 Å². The Morgan fingerprint density at radius 2 is 2.11 bits per heavy atom. The summed E-state index contributed by atoms with van der Waals surface area (Å²) in [5.74, 6) is 0. The van der Waals surface area contributed by atoms with Gasteiger partial charge in [-0.2, -0.15) is 0 Å². The van der Waals surface area contributed by atoms with E-state index in [4.69, 9.17) is 11.6 Å². The van der Waals surface area contributed by atoms with Crippen LogP contribution in [0.15, 0.2) is 22.7 Å². The minimum atomic E-state index is 0.217. The van der Waals surface area contributed by atoms with Crippen LogP contribution >= 0.6 is 27.5 Å². The summed E-state index contributed by atoms with van der Waals surface area (Å²) in [6, 6.07) is 6.57. The molecule has 1 N–H and O–H groups in total. The Morgan fingerprint density at radius 3 is 2.74 bits per heavy atom. The molecule has 1 atom stereocenters. The van der Waals surface area contributed by atoms with Crippen molar-refractivity contribution in [1.82, 2.24) is 5.32 Å². The monoisotopic (exact) mass is 344 g/mol. The number of piperazine rings is 1. The first-order chi connectivity index (χ1) is 9.03. The average Bonchev–Trinajstić information content (AvgIpc) is 2.43. The standard InChI is InChI=1S/C15H22BrClN2/c1-4-15(5-2)10-19(11(3)9-18-15)13-8-6-7-12(17)14(13)16/h6-8,11,18H,4-5,9-10H2,1-3H3. The molecule has 0 spiro atoms. The van der Waals surface area contributed by atoms with Crippen LogP contribution in [0.3, 0.4) is 0 Å². The Labute approximate surface area is 129 Å². The van der Waals surface area contributed by atoms with E-state index in [2.05, 4.69) is 53.0 Å². The lowest BCUT2D eigenvalue weighted by atomic mass is 9.88.